The second-order valence-corrected chi connectivity index (χ2v) is 5.30. The molecule has 0 saturated heterocycles. The molecule has 106 valence electrons. The van der Waals surface area contributed by atoms with E-state index in [0.29, 0.717) is 12.4 Å². The van der Waals surface area contributed by atoms with Crippen molar-refractivity contribution in [2.75, 3.05) is 19.0 Å². The molecule has 1 heterocycles. The summed E-state index contributed by atoms with van der Waals surface area (Å²) in [5.74, 6) is 1.54. The molecule has 1 aromatic carbocycles. The molecule has 0 aliphatic rings. The van der Waals surface area contributed by atoms with Gasteiger partial charge >= 0.3 is 0 Å². The topological polar surface area (TPSA) is 47.0 Å². The molecule has 0 atom stereocenters. The quantitative estimate of drug-likeness (QED) is 0.870. The summed E-state index contributed by atoms with van der Waals surface area (Å²) in [5.41, 5.74) is 2.10. The molecule has 2 aromatic rings. The Bertz CT molecular complexity index is 575. The van der Waals surface area contributed by atoms with Crippen LogP contribution in [0.4, 0.5) is 5.82 Å². The molecule has 2 rings (SSSR count). The van der Waals surface area contributed by atoms with Gasteiger partial charge < -0.3 is 10.1 Å². The van der Waals surface area contributed by atoms with E-state index in [-0.39, 0.29) is 0 Å². The first-order chi connectivity index (χ1) is 9.74. The molecule has 0 aliphatic carbocycles. The van der Waals surface area contributed by atoms with Gasteiger partial charge in [-0.25, -0.2) is 9.97 Å². The zero-order chi connectivity index (χ0) is 14.4. The van der Waals surface area contributed by atoms with Crippen molar-refractivity contribution in [2.24, 2.45) is 0 Å². The molecule has 20 heavy (non-hydrogen) atoms. The smallest absolute Gasteiger partial charge is 0.161 e. The summed E-state index contributed by atoms with van der Waals surface area (Å²) in [7, 11) is 1.69. The number of nitrogens with one attached hydrogen (secondary N) is 1. The third-order valence-corrected chi connectivity index (χ3v) is 3.36. The van der Waals surface area contributed by atoms with Crippen LogP contribution in [-0.4, -0.2) is 23.6 Å². The van der Waals surface area contributed by atoms with Gasteiger partial charge in [0.2, 0.25) is 0 Å². The van der Waals surface area contributed by atoms with E-state index < -0.39 is 0 Å². The van der Waals surface area contributed by atoms with Crippen molar-refractivity contribution < 1.29 is 4.74 Å². The van der Waals surface area contributed by atoms with Crippen LogP contribution in [0.25, 0.3) is 11.4 Å². The molecule has 0 unspecified atom stereocenters. The van der Waals surface area contributed by atoms with Crippen LogP contribution in [-0.2, 0) is 11.3 Å². The Labute approximate surface area is 127 Å². The zero-order valence-electron chi connectivity index (χ0n) is 11.7. The van der Waals surface area contributed by atoms with Crippen molar-refractivity contribution in [3.05, 3.63) is 40.5 Å². The van der Waals surface area contributed by atoms with Gasteiger partial charge in [-0.2, -0.15) is 0 Å². The molecule has 0 spiro atoms. The highest BCUT2D eigenvalue weighted by molar-refractivity contribution is 9.10. The Morgan fingerprint density at radius 3 is 2.95 bits per heavy atom. The number of hydrogen-bond acceptors (Lipinski definition) is 4. The van der Waals surface area contributed by atoms with Crippen LogP contribution >= 0.6 is 15.9 Å². The van der Waals surface area contributed by atoms with Gasteiger partial charge in [0.05, 0.1) is 11.1 Å². The van der Waals surface area contributed by atoms with Gasteiger partial charge in [-0.3, -0.25) is 0 Å². The molecule has 1 N–H and O–H groups in total. The summed E-state index contributed by atoms with van der Waals surface area (Å²) < 4.78 is 6.03. The van der Waals surface area contributed by atoms with Crippen molar-refractivity contribution in [3.8, 4) is 11.4 Å². The highest BCUT2D eigenvalue weighted by atomic mass is 79.9. The number of halogens is 1. The van der Waals surface area contributed by atoms with Gasteiger partial charge in [-0.15, -0.1) is 0 Å². The number of methoxy groups -OCH3 is 1. The van der Waals surface area contributed by atoms with Gasteiger partial charge in [0.15, 0.2) is 5.82 Å². The van der Waals surface area contributed by atoms with Crippen LogP contribution in [0, 0.1) is 0 Å². The van der Waals surface area contributed by atoms with Gasteiger partial charge in [-0.05, 0) is 34.0 Å². The predicted molar refractivity (Wildman–Crippen MR) is 84.7 cm³/mol. The first-order valence-corrected chi connectivity index (χ1v) is 7.38. The van der Waals surface area contributed by atoms with E-state index in [0.717, 1.165) is 34.4 Å². The molecule has 5 heteroatoms. The number of rotatable bonds is 6. The molecule has 4 nitrogen and oxygen atoms in total. The summed E-state index contributed by atoms with van der Waals surface area (Å²) in [6.07, 6.45) is 2.83. The van der Waals surface area contributed by atoms with Gasteiger partial charge in [0.1, 0.15) is 5.82 Å². The largest absolute Gasteiger partial charge is 0.380 e. The Balaban J connectivity index is 2.30. The summed E-state index contributed by atoms with van der Waals surface area (Å²) >= 11 is 3.47. The first kappa shape index (κ1) is 14.9. The van der Waals surface area contributed by atoms with Crippen molar-refractivity contribution in [2.45, 2.75) is 20.0 Å². The molecule has 0 radical (unpaired) electrons. The lowest BCUT2D eigenvalue weighted by Crippen LogP contribution is -2.04. The van der Waals surface area contributed by atoms with Crippen LogP contribution in [0.3, 0.4) is 0 Å². The molecular weight excluding hydrogens is 318 g/mol. The van der Waals surface area contributed by atoms with Crippen molar-refractivity contribution in [1.82, 2.24) is 9.97 Å². The normalized spacial score (nSPS) is 10.6. The lowest BCUT2D eigenvalue weighted by atomic mass is 10.1. The van der Waals surface area contributed by atoms with Crippen molar-refractivity contribution in [1.29, 1.82) is 0 Å². The number of anilines is 1. The van der Waals surface area contributed by atoms with E-state index >= 15 is 0 Å². The number of benzene rings is 1. The van der Waals surface area contributed by atoms with Crippen LogP contribution in [0.5, 0.6) is 0 Å². The molecule has 1 aromatic heterocycles. The summed E-state index contributed by atoms with van der Waals surface area (Å²) in [5, 5.41) is 3.29. The second-order valence-electron chi connectivity index (χ2n) is 4.45. The Morgan fingerprint density at radius 1 is 1.35 bits per heavy atom. The first-order valence-electron chi connectivity index (χ1n) is 6.59. The van der Waals surface area contributed by atoms with Crippen molar-refractivity contribution in [3.63, 3.8) is 0 Å². The monoisotopic (exact) mass is 335 g/mol. The molecule has 0 bridgehead atoms. The third-order valence-electron chi connectivity index (χ3n) is 2.78. The average molecular weight is 336 g/mol. The van der Waals surface area contributed by atoms with E-state index in [1.807, 2.05) is 18.2 Å². The van der Waals surface area contributed by atoms with Crippen molar-refractivity contribution >= 4 is 21.7 Å². The van der Waals surface area contributed by atoms with Gasteiger partial charge in [0.25, 0.3) is 0 Å². The molecule has 0 amide bonds. The number of ether oxygens (including phenoxy) is 1. The van der Waals surface area contributed by atoms with E-state index in [9.17, 15) is 0 Å². The maximum Gasteiger partial charge on any atom is 0.161 e. The average Bonchev–Trinajstić information content (AvgIpc) is 2.47. The van der Waals surface area contributed by atoms with E-state index in [4.69, 9.17) is 4.74 Å². The maximum absolute atomic E-state index is 5.15. The standard InChI is InChI=1S/C15H18BrN3O/c1-3-7-17-15-13(16)9-18-14(19-15)12-6-4-5-11(8-12)10-20-2/h4-6,8-9H,3,7,10H2,1-2H3,(H,17,18,19). The van der Waals surface area contributed by atoms with Gasteiger partial charge in [-0.1, -0.05) is 25.1 Å². The highest BCUT2D eigenvalue weighted by Crippen LogP contribution is 2.23. The highest BCUT2D eigenvalue weighted by Gasteiger charge is 2.07. The van der Waals surface area contributed by atoms with Gasteiger partial charge in [0, 0.05) is 25.4 Å². The Kier molecular flexibility index (Phi) is 5.49. The predicted octanol–water partition coefficient (Wildman–Crippen LogP) is 3.87. The fourth-order valence-electron chi connectivity index (χ4n) is 1.84. The SMILES string of the molecule is CCCNc1nc(-c2cccc(COC)c2)ncc1Br. The lowest BCUT2D eigenvalue weighted by Gasteiger charge is -2.09. The van der Waals surface area contributed by atoms with E-state index in [2.05, 4.69) is 44.2 Å². The molecule has 0 saturated carbocycles. The van der Waals surface area contributed by atoms with Crippen LogP contribution < -0.4 is 5.32 Å². The lowest BCUT2D eigenvalue weighted by molar-refractivity contribution is 0.185. The minimum atomic E-state index is 0.589. The summed E-state index contributed by atoms with van der Waals surface area (Å²) in [6, 6.07) is 8.08. The third kappa shape index (κ3) is 3.77. The fraction of sp³-hybridized carbons (Fsp3) is 0.333. The number of hydrogen-bond donors (Lipinski definition) is 1. The number of nitrogens with zero attached hydrogens (tertiary/aromatic N) is 2. The molecule has 0 aliphatic heterocycles. The minimum absolute atomic E-state index is 0.589. The van der Waals surface area contributed by atoms with Crippen LogP contribution in [0.1, 0.15) is 18.9 Å². The zero-order valence-corrected chi connectivity index (χ0v) is 13.3. The Morgan fingerprint density at radius 2 is 2.20 bits per heavy atom. The summed E-state index contributed by atoms with van der Waals surface area (Å²) in [6.45, 7) is 3.60. The second kappa shape index (κ2) is 7.36. The van der Waals surface area contributed by atoms with Crippen LogP contribution in [0.2, 0.25) is 0 Å². The van der Waals surface area contributed by atoms with Crippen LogP contribution in [0.15, 0.2) is 34.9 Å². The van der Waals surface area contributed by atoms with E-state index in [1.165, 1.54) is 0 Å². The fourth-order valence-corrected chi connectivity index (χ4v) is 2.17. The molecular formula is C15H18BrN3O. The van der Waals surface area contributed by atoms with E-state index in [1.54, 1.807) is 13.3 Å². The maximum atomic E-state index is 5.15. The Hall–Kier alpha value is -1.46. The summed E-state index contributed by atoms with van der Waals surface area (Å²) in [4.78, 5) is 8.95. The number of aromatic nitrogens is 2. The molecule has 0 fully saturated rings. The minimum Gasteiger partial charge on any atom is -0.380 e.